The summed E-state index contributed by atoms with van der Waals surface area (Å²) in [6.45, 7) is -0.794. The van der Waals surface area contributed by atoms with E-state index in [-0.39, 0.29) is 12.4 Å². The molecule has 3 heterocycles. The summed E-state index contributed by atoms with van der Waals surface area (Å²) >= 11 is 0. The minimum Gasteiger partial charge on any atom is -0.394 e. The summed E-state index contributed by atoms with van der Waals surface area (Å²) < 4.78 is 31.1. The van der Waals surface area contributed by atoms with Crippen molar-refractivity contribution < 1.29 is 33.9 Å². The summed E-state index contributed by atoms with van der Waals surface area (Å²) in [5.41, 5.74) is 4.89. The van der Waals surface area contributed by atoms with Crippen molar-refractivity contribution in [3.63, 3.8) is 0 Å². The van der Waals surface area contributed by atoms with Gasteiger partial charge in [-0.1, -0.05) is 0 Å². The van der Waals surface area contributed by atoms with E-state index >= 15 is 0 Å². The highest BCUT2D eigenvalue weighted by Gasteiger charge is 2.57. The number of hydrogen-bond acceptors (Lipinski definition) is 9. The topological polar surface area (TPSA) is 149 Å². The normalized spacial score (nSPS) is 38.3. The van der Waals surface area contributed by atoms with Crippen LogP contribution in [0.3, 0.4) is 0 Å². The van der Waals surface area contributed by atoms with E-state index in [4.69, 9.17) is 25.1 Å². The lowest BCUT2D eigenvalue weighted by Gasteiger charge is -2.23. The van der Waals surface area contributed by atoms with Crippen molar-refractivity contribution in [3.8, 4) is 0 Å². The van der Waals surface area contributed by atoms with Gasteiger partial charge in [0.15, 0.2) is 0 Å². The molecular weight excluding hydrogens is 341 g/mol. The predicted octanol–water partition coefficient (Wildman–Crippen LogP) is -1.74. The molecule has 2 fully saturated rings. The summed E-state index contributed by atoms with van der Waals surface area (Å²) in [5.74, 6) is -3.03. The number of aliphatic hydroxyl groups is 3. The van der Waals surface area contributed by atoms with Crippen LogP contribution in [0.4, 0.5) is 10.2 Å². The van der Waals surface area contributed by atoms with Crippen LogP contribution in [0.15, 0.2) is 17.1 Å². The van der Waals surface area contributed by atoms with E-state index in [1.165, 1.54) is 16.8 Å². The molecule has 0 aromatic carbocycles. The molecule has 0 aliphatic carbocycles. The van der Waals surface area contributed by atoms with Gasteiger partial charge in [-0.3, -0.25) is 4.57 Å². The number of aliphatic hydroxyl groups excluding tert-OH is 2. The van der Waals surface area contributed by atoms with Crippen molar-refractivity contribution in [2.45, 2.75) is 49.5 Å². The second kappa shape index (κ2) is 6.94. The van der Waals surface area contributed by atoms with E-state index in [1.54, 1.807) is 0 Å². The highest BCUT2D eigenvalue weighted by Crippen LogP contribution is 2.34. The Hall–Kier alpha value is -1.63. The van der Waals surface area contributed by atoms with Crippen molar-refractivity contribution in [1.82, 2.24) is 9.55 Å². The molecule has 2 aliphatic rings. The predicted molar refractivity (Wildman–Crippen MR) is 79.8 cm³/mol. The van der Waals surface area contributed by atoms with E-state index < -0.39 is 49.0 Å². The first-order chi connectivity index (χ1) is 11.8. The first kappa shape index (κ1) is 18.2. The third-order valence-electron chi connectivity index (χ3n) is 4.26. The maximum absolute atomic E-state index is 14.1. The average molecular weight is 361 g/mol. The van der Waals surface area contributed by atoms with Gasteiger partial charge in [-0.05, 0) is 18.9 Å². The number of anilines is 1. The lowest BCUT2D eigenvalue weighted by Crippen LogP contribution is -2.46. The molecule has 1 aromatic heterocycles. The van der Waals surface area contributed by atoms with E-state index in [9.17, 15) is 19.4 Å². The monoisotopic (exact) mass is 361 g/mol. The van der Waals surface area contributed by atoms with Gasteiger partial charge in [0.05, 0.1) is 19.3 Å². The summed E-state index contributed by atoms with van der Waals surface area (Å²) in [7, 11) is 0. The molecule has 1 aromatic rings. The maximum atomic E-state index is 14.1. The Morgan fingerprint density at radius 1 is 1.48 bits per heavy atom. The summed E-state index contributed by atoms with van der Waals surface area (Å²) in [6, 6.07) is 1.47. The molecule has 0 bridgehead atoms. The van der Waals surface area contributed by atoms with Crippen LogP contribution in [-0.2, 0) is 14.2 Å². The van der Waals surface area contributed by atoms with Crippen molar-refractivity contribution in [2.24, 2.45) is 0 Å². The molecule has 0 amide bonds. The molecule has 0 radical (unpaired) electrons. The zero-order valence-corrected chi connectivity index (χ0v) is 13.2. The molecule has 2 aliphatic heterocycles. The molecule has 2 saturated heterocycles. The molecule has 1 unspecified atom stereocenters. The molecule has 0 saturated carbocycles. The van der Waals surface area contributed by atoms with Gasteiger partial charge in [-0.15, -0.1) is 0 Å². The van der Waals surface area contributed by atoms with E-state index in [2.05, 4.69) is 4.98 Å². The standard InChI is InChI=1S/C14H20FN3O7/c15-14(22)11(20)8(5-19)25-12(14)23-6-7-1-2-10(24-7)18-4-3-9(16)17-13(18)21/h3-4,7-8,10-12,19-20,22H,1-2,5-6H2,(H2,16,17,21)/t7-,8+,10+,11+,12?,14-/m0/s1. The number of nitrogens with two attached hydrogens (primary N) is 1. The Labute approximate surface area is 141 Å². The van der Waals surface area contributed by atoms with Crippen LogP contribution in [0.25, 0.3) is 0 Å². The van der Waals surface area contributed by atoms with Crippen molar-refractivity contribution in [1.29, 1.82) is 0 Å². The molecule has 25 heavy (non-hydrogen) atoms. The van der Waals surface area contributed by atoms with Gasteiger partial charge >= 0.3 is 5.69 Å². The minimum atomic E-state index is -3.14. The van der Waals surface area contributed by atoms with Crippen molar-refractivity contribution >= 4 is 5.82 Å². The Morgan fingerprint density at radius 3 is 2.88 bits per heavy atom. The van der Waals surface area contributed by atoms with Crippen LogP contribution in [-0.4, -0.2) is 68.5 Å². The third kappa shape index (κ3) is 3.52. The van der Waals surface area contributed by atoms with Gasteiger partial charge in [-0.25, -0.2) is 9.18 Å². The zero-order chi connectivity index (χ0) is 18.2. The first-order valence-electron chi connectivity index (χ1n) is 7.80. The fourth-order valence-corrected chi connectivity index (χ4v) is 2.88. The number of rotatable bonds is 5. The second-order valence-electron chi connectivity index (χ2n) is 6.03. The Kier molecular flexibility index (Phi) is 5.04. The van der Waals surface area contributed by atoms with Gasteiger partial charge in [0.2, 0.25) is 6.29 Å². The van der Waals surface area contributed by atoms with Gasteiger partial charge in [-0.2, -0.15) is 4.98 Å². The van der Waals surface area contributed by atoms with E-state index in [0.29, 0.717) is 12.8 Å². The largest absolute Gasteiger partial charge is 0.394 e. The number of nitrogen functional groups attached to an aromatic ring is 1. The number of nitrogens with zero attached hydrogens (tertiary/aromatic N) is 2. The molecule has 140 valence electrons. The fraction of sp³-hybridized carbons (Fsp3) is 0.714. The molecule has 11 heteroatoms. The molecular formula is C14H20FN3O7. The lowest BCUT2D eigenvalue weighted by molar-refractivity contribution is -0.265. The number of ether oxygens (including phenoxy) is 3. The van der Waals surface area contributed by atoms with Crippen LogP contribution in [0.5, 0.6) is 0 Å². The lowest BCUT2D eigenvalue weighted by atomic mass is 10.1. The van der Waals surface area contributed by atoms with Crippen LogP contribution >= 0.6 is 0 Å². The van der Waals surface area contributed by atoms with Crippen LogP contribution in [0.2, 0.25) is 0 Å². The van der Waals surface area contributed by atoms with Crippen LogP contribution in [0, 0.1) is 0 Å². The molecule has 6 atom stereocenters. The van der Waals surface area contributed by atoms with Gasteiger partial charge < -0.3 is 35.3 Å². The Bertz CT molecular complexity index is 670. The van der Waals surface area contributed by atoms with Gasteiger partial charge in [0, 0.05) is 6.20 Å². The minimum absolute atomic E-state index is 0.108. The smallest absolute Gasteiger partial charge is 0.351 e. The summed E-state index contributed by atoms with van der Waals surface area (Å²) in [4.78, 5) is 15.4. The number of hydrogen-bond donors (Lipinski definition) is 4. The Balaban J connectivity index is 1.56. The van der Waals surface area contributed by atoms with Gasteiger partial charge in [0.25, 0.3) is 5.85 Å². The number of aromatic nitrogens is 2. The Morgan fingerprint density at radius 2 is 2.24 bits per heavy atom. The molecule has 10 nitrogen and oxygen atoms in total. The highest BCUT2D eigenvalue weighted by atomic mass is 19.2. The molecule has 0 spiro atoms. The summed E-state index contributed by atoms with van der Waals surface area (Å²) in [5, 5.41) is 28.1. The number of alkyl halides is 1. The highest BCUT2D eigenvalue weighted by molar-refractivity contribution is 5.23. The molecule has 3 rings (SSSR count). The zero-order valence-electron chi connectivity index (χ0n) is 13.2. The SMILES string of the molecule is Nc1ccn([C@H]2CC[C@@H](COC3O[C@H](CO)[C@@H](O)[C@@]3(O)F)O2)c(=O)n1. The summed E-state index contributed by atoms with van der Waals surface area (Å²) in [6.07, 6.45) is -3.48. The van der Waals surface area contributed by atoms with Crippen LogP contribution in [0.1, 0.15) is 19.1 Å². The fourth-order valence-electron chi connectivity index (χ4n) is 2.88. The third-order valence-corrected chi connectivity index (χ3v) is 4.26. The van der Waals surface area contributed by atoms with Gasteiger partial charge in [0.1, 0.15) is 24.3 Å². The average Bonchev–Trinajstić information content (AvgIpc) is 3.10. The van der Waals surface area contributed by atoms with Crippen molar-refractivity contribution in [3.05, 3.63) is 22.7 Å². The second-order valence-corrected chi connectivity index (χ2v) is 6.03. The van der Waals surface area contributed by atoms with E-state index in [0.717, 1.165) is 0 Å². The molecule has 5 N–H and O–H groups in total. The van der Waals surface area contributed by atoms with Crippen LogP contribution < -0.4 is 11.4 Å². The number of halogens is 1. The van der Waals surface area contributed by atoms with Crippen molar-refractivity contribution in [2.75, 3.05) is 18.9 Å². The van der Waals surface area contributed by atoms with E-state index in [1.807, 2.05) is 0 Å². The maximum Gasteiger partial charge on any atom is 0.351 e. The first-order valence-corrected chi connectivity index (χ1v) is 7.80. The quantitative estimate of drug-likeness (QED) is 0.479.